The van der Waals surface area contributed by atoms with Gasteiger partial charge in [-0.3, -0.25) is 0 Å². The first kappa shape index (κ1) is 11.7. The summed E-state index contributed by atoms with van der Waals surface area (Å²) < 4.78 is 0. The van der Waals surface area contributed by atoms with E-state index in [0.29, 0.717) is 0 Å². The fourth-order valence-electron chi connectivity index (χ4n) is 0.905. The fraction of sp³-hybridized carbons (Fsp3) is 0.800. The molecule has 0 heterocycles. The fourth-order valence-corrected chi connectivity index (χ4v) is 0.905. The Morgan fingerprint density at radius 3 is 2.33 bits per heavy atom. The number of nitrogens with two attached hydrogens (primary N) is 1. The molecule has 0 aromatic carbocycles. The highest BCUT2D eigenvalue weighted by atomic mass is 15.1. The Bertz CT molecular complexity index is 135. The minimum absolute atomic E-state index is 0.190. The van der Waals surface area contributed by atoms with E-state index >= 15 is 0 Å². The molecule has 12 heavy (non-hydrogen) atoms. The van der Waals surface area contributed by atoms with E-state index in [-0.39, 0.29) is 11.5 Å². The molecule has 0 aromatic rings. The summed E-state index contributed by atoms with van der Waals surface area (Å²) in [6.45, 7) is 12.0. The first-order valence-corrected chi connectivity index (χ1v) is 4.43. The Morgan fingerprint density at radius 1 is 1.50 bits per heavy atom. The largest absolute Gasteiger partial charge is 0.326 e. The van der Waals surface area contributed by atoms with E-state index in [9.17, 15) is 0 Å². The van der Waals surface area contributed by atoms with Gasteiger partial charge in [0.05, 0.1) is 0 Å². The summed E-state index contributed by atoms with van der Waals surface area (Å²) in [5, 5.41) is 0. The normalized spacial score (nSPS) is 14.8. The molecule has 0 aliphatic carbocycles. The van der Waals surface area contributed by atoms with Gasteiger partial charge in [-0.05, 0) is 12.5 Å². The molecular formula is C10H22N2. The number of rotatable bonds is 4. The maximum absolute atomic E-state index is 6.01. The van der Waals surface area contributed by atoms with Gasteiger partial charge in [-0.2, -0.15) is 0 Å². The van der Waals surface area contributed by atoms with Gasteiger partial charge in [0.1, 0.15) is 0 Å². The third-order valence-corrected chi connectivity index (χ3v) is 2.06. The van der Waals surface area contributed by atoms with Crippen LogP contribution >= 0.6 is 0 Å². The van der Waals surface area contributed by atoms with Crippen molar-refractivity contribution in [3.8, 4) is 0 Å². The van der Waals surface area contributed by atoms with E-state index in [4.69, 9.17) is 5.73 Å². The second-order valence-corrected chi connectivity index (χ2v) is 4.48. The van der Waals surface area contributed by atoms with Crippen LogP contribution in [0.25, 0.3) is 0 Å². The van der Waals surface area contributed by atoms with Crippen LogP contribution in [0.1, 0.15) is 20.8 Å². The summed E-state index contributed by atoms with van der Waals surface area (Å²) in [5.41, 5.74) is 6.20. The van der Waals surface area contributed by atoms with Crippen LogP contribution in [0.4, 0.5) is 0 Å². The van der Waals surface area contributed by atoms with Gasteiger partial charge >= 0.3 is 0 Å². The lowest BCUT2D eigenvalue weighted by Gasteiger charge is -2.30. The average Bonchev–Trinajstić information content (AvgIpc) is 1.85. The van der Waals surface area contributed by atoms with Gasteiger partial charge in [0.25, 0.3) is 0 Å². The van der Waals surface area contributed by atoms with Crippen molar-refractivity contribution in [3.05, 3.63) is 12.7 Å². The first-order chi connectivity index (χ1) is 5.38. The minimum Gasteiger partial charge on any atom is -0.326 e. The summed E-state index contributed by atoms with van der Waals surface area (Å²) in [6, 6.07) is 0.224. The molecule has 1 atom stereocenters. The molecule has 0 aliphatic heterocycles. The SMILES string of the molecule is C=CCN(C)CC(N)C(C)(C)C. The van der Waals surface area contributed by atoms with Crippen molar-refractivity contribution in [1.82, 2.24) is 4.90 Å². The summed E-state index contributed by atoms with van der Waals surface area (Å²) in [4.78, 5) is 2.18. The molecule has 0 rings (SSSR count). The van der Waals surface area contributed by atoms with E-state index in [1.165, 1.54) is 0 Å². The second-order valence-electron chi connectivity index (χ2n) is 4.48. The maximum atomic E-state index is 6.01. The highest BCUT2D eigenvalue weighted by molar-refractivity contribution is 4.81. The predicted molar refractivity (Wildman–Crippen MR) is 55.1 cm³/mol. The number of hydrogen-bond donors (Lipinski definition) is 1. The van der Waals surface area contributed by atoms with Gasteiger partial charge in [0.2, 0.25) is 0 Å². The molecule has 0 bridgehead atoms. The maximum Gasteiger partial charge on any atom is 0.0217 e. The molecule has 0 aliphatic rings. The summed E-state index contributed by atoms with van der Waals surface area (Å²) in [7, 11) is 2.06. The number of likely N-dealkylation sites (N-methyl/N-ethyl adjacent to an activating group) is 1. The van der Waals surface area contributed by atoms with E-state index in [1.54, 1.807) is 0 Å². The molecule has 72 valence electrons. The van der Waals surface area contributed by atoms with Crippen molar-refractivity contribution in [2.45, 2.75) is 26.8 Å². The Balaban J connectivity index is 3.83. The first-order valence-electron chi connectivity index (χ1n) is 4.43. The van der Waals surface area contributed by atoms with E-state index < -0.39 is 0 Å². The van der Waals surface area contributed by atoms with Gasteiger partial charge in [0, 0.05) is 19.1 Å². The van der Waals surface area contributed by atoms with Gasteiger partial charge in [0.15, 0.2) is 0 Å². The van der Waals surface area contributed by atoms with Crippen molar-refractivity contribution in [1.29, 1.82) is 0 Å². The van der Waals surface area contributed by atoms with Gasteiger partial charge < -0.3 is 10.6 Å². The second kappa shape index (κ2) is 4.63. The number of nitrogens with zero attached hydrogens (tertiary/aromatic N) is 1. The molecule has 2 nitrogen and oxygen atoms in total. The lowest BCUT2D eigenvalue weighted by atomic mass is 9.87. The quantitative estimate of drug-likeness (QED) is 0.647. The standard InChI is InChI=1S/C10H22N2/c1-6-7-12(5)8-9(11)10(2,3)4/h6,9H,1,7-8,11H2,2-5H3. The summed E-state index contributed by atoms with van der Waals surface area (Å²) >= 11 is 0. The van der Waals surface area contributed by atoms with Crippen molar-refractivity contribution >= 4 is 0 Å². The van der Waals surface area contributed by atoms with Crippen LogP contribution in [0.15, 0.2) is 12.7 Å². The topological polar surface area (TPSA) is 29.3 Å². The Morgan fingerprint density at radius 2 is 2.00 bits per heavy atom. The van der Waals surface area contributed by atoms with Crippen LogP contribution in [-0.4, -0.2) is 31.1 Å². The van der Waals surface area contributed by atoms with Crippen molar-refractivity contribution in [2.75, 3.05) is 20.1 Å². The number of hydrogen-bond acceptors (Lipinski definition) is 2. The molecule has 0 saturated carbocycles. The molecule has 2 heteroatoms. The van der Waals surface area contributed by atoms with Crippen LogP contribution in [-0.2, 0) is 0 Å². The Hall–Kier alpha value is -0.340. The lowest BCUT2D eigenvalue weighted by molar-refractivity contribution is 0.239. The van der Waals surface area contributed by atoms with Gasteiger partial charge in [-0.15, -0.1) is 6.58 Å². The third kappa shape index (κ3) is 4.52. The van der Waals surface area contributed by atoms with Crippen molar-refractivity contribution in [3.63, 3.8) is 0 Å². The van der Waals surface area contributed by atoms with Crippen LogP contribution < -0.4 is 5.73 Å². The average molecular weight is 170 g/mol. The smallest absolute Gasteiger partial charge is 0.0217 e. The third-order valence-electron chi connectivity index (χ3n) is 2.06. The molecule has 0 fully saturated rings. The molecule has 0 aromatic heterocycles. The van der Waals surface area contributed by atoms with Crippen LogP contribution in [0.3, 0.4) is 0 Å². The van der Waals surface area contributed by atoms with Crippen LogP contribution in [0, 0.1) is 5.41 Å². The highest BCUT2D eigenvalue weighted by Crippen LogP contribution is 2.17. The minimum atomic E-state index is 0.190. The van der Waals surface area contributed by atoms with Crippen molar-refractivity contribution in [2.24, 2.45) is 11.1 Å². The predicted octanol–water partition coefficient (Wildman–Crippen LogP) is 1.48. The molecule has 0 radical (unpaired) electrons. The molecule has 0 spiro atoms. The van der Waals surface area contributed by atoms with Crippen LogP contribution in [0.2, 0.25) is 0 Å². The Labute approximate surface area is 76.4 Å². The molecule has 2 N–H and O–H groups in total. The summed E-state index contributed by atoms with van der Waals surface area (Å²) in [6.07, 6.45) is 1.90. The highest BCUT2D eigenvalue weighted by Gasteiger charge is 2.21. The van der Waals surface area contributed by atoms with Crippen LogP contribution in [0.5, 0.6) is 0 Å². The summed E-state index contributed by atoms with van der Waals surface area (Å²) in [5.74, 6) is 0. The van der Waals surface area contributed by atoms with E-state index in [1.807, 2.05) is 6.08 Å². The van der Waals surface area contributed by atoms with Crippen molar-refractivity contribution < 1.29 is 0 Å². The van der Waals surface area contributed by atoms with Gasteiger partial charge in [-0.25, -0.2) is 0 Å². The Kier molecular flexibility index (Phi) is 4.50. The molecular weight excluding hydrogens is 148 g/mol. The molecule has 0 amide bonds. The van der Waals surface area contributed by atoms with Gasteiger partial charge in [-0.1, -0.05) is 26.8 Å². The lowest BCUT2D eigenvalue weighted by Crippen LogP contribution is -2.44. The van der Waals surface area contributed by atoms with E-state index in [0.717, 1.165) is 13.1 Å². The zero-order valence-electron chi connectivity index (χ0n) is 8.80. The molecule has 1 unspecified atom stereocenters. The zero-order valence-corrected chi connectivity index (χ0v) is 8.80. The van der Waals surface area contributed by atoms with E-state index in [2.05, 4.69) is 39.3 Å². The molecule has 0 saturated heterocycles. The zero-order chi connectivity index (χ0) is 9.78. The monoisotopic (exact) mass is 170 g/mol.